The minimum absolute atomic E-state index is 0.00723. The quantitative estimate of drug-likeness (QED) is 0.779. The summed E-state index contributed by atoms with van der Waals surface area (Å²) in [5.41, 5.74) is 6.19. The Morgan fingerprint density at radius 3 is 2.64 bits per heavy atom. The Balaban J connectivity index is 1.50. The fourth-order valence-corrected chi connectivity index (χ4v) is 4.91. The second kappa shape index (κ2) is 7.10. The monoisotopic (exact) mass is 354 g/mol. The molecule has 1 amide bonds. The Hall–Kier alpha value is -1.98. The number of nitrogens with zero attached hydrogens (tertiary/aromatic N) is 1. The molecule has 0 spiro atoms. The summed E-state index contributed by atoms with van der Waals surface area (Å²) in [5.74, 6) is 0.563. The summed E-state index contributed by atoms with van der Waals surface area (Å²) in [6.07, 6.45) is 0.936. The van der Waals surface area contributed by atoms with Gasteiger partial charge in [0.1, 0.15) is 5.75 Å². The van der Waals surface area contributed by atoms with Gasteiger partial charge in [-0.05, 0) is 34.2 Å². The largest absolute Gasteiger partial charge is 0.339 e. The second-order valence-corrected chi connectivity index (χ2v) is 8.10. The summed E-state index contributed by atoms with van der Waals surface area (Å²) in [7, 11) is -1.18. The van der Waals surface area contributed by atoms with E-state index in [1.54, 1.807) is 0 Å². The normalized spacial score (nSPS) is 17.0. The number of fused-ring (bicyclic) bond motifs is 3. The first kappa shape index (κ1) is 16.5. The van der Waals surface area contributed by atoms with Crippen LogP contribution in [0.4, 0.5) is 0 Å². The molecule has 1 aliphatic carbocycles. The topological polar surface area (TPSA) is 49.4 Å². The molecule has 1 heterocycles. The van der Waals surface area contributed by atoms with Crippen LogP contribution in [0.1, 0.15) is 16.7 Å². The summed E-state index contributed by atoms with van der Waals surface area (Å²) < 4.78 is 12.6. The molecule has 1 N–H and O–H groups in total. The molecule has 1 atom stereocenters. The SMILES string of the molecule is O=C(CS(=O)Cc1cccc2c1-c1ccccc1C2)N1CCNCC1. The lowest BCUT2D eigenvalue weighted by Gasteiger charge is -2.27. The van der Waals surface area contributed by atoms with E-state index < -0.39 is 10.8 Å². The van der Waals surface area contributed by atoms with E-state index in [1.165, 1.54) is 22.3 Å². The predicted octanol–water partition coefficient (Wildman–Crippen LogP) is 1.94. The minimum atomic E-state index is -1.18. The molecule has 1 unspecified atom stereocenters. The maximum Gasteiger partial charge on any atom is 0.235 e. The fourth-order valence-electron chi connectivity index (χ4n) is 3.76. The van der Waals surface area contributed by atoms with Gasteiger partial charge in [0.2, 0.25) is 5.91 Å². The van der Waals surface area contributed by atoms with Crippen molar-refractivity contribution in [1.29, 1.82) is 0 Å². The molecular weight excluding hydrogens is 332 g/mol. The zero-order valence-corrected chi connectivity index (χ0v) is 15.0. The average molecular weight is 354 g/mol. The number of hydrogen-bond acceptors (Lipinski definition) is 3. The van der Waals surface area contributed by atoms with E-state index in [9.17, 15) is 9.00 Å². The average Bonchev–Trinajstić information content (AvgIpc) is 3.02. The molecule has 0 saturated carbocycles. The van der Waals surface area contributed by atoms with E-state index in [2.05, 4.69) is 35.6 Å². The summed E-state index contributed by atoms with van der Waals surface area (Å²) in [5, 5.41) is 3.23. The number of carbonyl (C=O) groups is 1. The van der Waals surface area contributed by atoms with E-state index in [-0.39, 0.29) is 11.7 Å². The number of benzene rings is 2. The van der Waals surface area contributed by atoms with Crippen LogP contribution in [0.15, 0.2) is 42.5 Å². The molecule has 1 saturated heterocycles. The van der Waals surface area contributed by atoms with E-state index in [4.69, 9.17) is 0 Å². The Kier molecular flexibility index (Phi) is 4.68. The van der Waals surface area contributed by atoms with Crippen molar-refractivity contribution in [3.8, 4) is 11.1 Å². The molecule has 1 aliphatic heterocycles. The maximum absolute atomic E-state index is 12.6. The summed E-state index contributed by atoms with van der Waals surface area (Å²) in [6, 6.07) is 14.6. The Labute approximate surface area is 150 Å². The van der Waals surface area contributed by atoms with Gasteiger partial charge < -0.3 is 10.2 Å². The maximum atomic E-state index is 12.6. The lowest BCUT2D eigenvalue weighted by molar-refractivity contribution is -0.128. The number of nitrogens with one attached hydrogen (secondary N) is 1. The molecule has 2 aromatic carbocycles. The van der Waals surface area contributed by atoms with Crippen molar-refractivity contribution in [2.45, 2.75) is 12.2 Å². The highest BCUT2D eigenvalue weighted by Crippen LogP contribution is 2.39. The van der Waals surface area contributed by atoms with Gasteiger partial charge in [0.15, 0.2) is 0 Å². The lowest BCUT2D eigenvalue weighted by Crippen LogP contribution is -2.47. The summed E-state index contributed by atoms with van der Waals surface area (Å²) in [6.45, 7) is 3.07. The number of piperazine rings is 1. The molecular formula is C20H22N2O2S. The van der Waals surface area contributed by atoms with Crippen LogP contribution in [0.5, 0.6) is 0 Å². The van der Waals surface area contributed by atoms with Gasteiger partial charge in [-0.3, -0.25) is 9.00 Å². The molecule has 4 rings (SSSR count). The molecule has 0 aromatic heterocycles. The first-order chi connectivity index (χ1) is 12.2. The van der Waals surface area contributed by atoms with Gasteiger partial charge in [-0.2, -0.15) is 0 Å². The highest BCUT2D eigenvalue weighted by molar-refractivity contribution is 7.84. The number of rotatable bonds is 4. The van der Waals surface area contributed by atoms with Gasteiger partial charge in [-0.1, -0.05) is 42.5 Å². The van der Waals surface area contributed by atoms with Gasteiger partial charge in [-0.15, -0.1) is 0 Å². The van der Waals surface area contributed by atoms with Crippen LogP contribution in [0.2, 0.25) is 0 Å². The van der Waals surface area contributed by atoms with Gasteiger partial charge in [0.25, 0.3) is 0 Å². The number of carbonyl (C=O) groups excluding carboxylic acids is 1. The zero-order chi connectivity index (χ0) is 17.2. The van der Waals surface area contributed by atoms with Crippen molar-refractivity contribution in [2.24, 2.45) is 0 Å². The zero-order valence-electron chi connectivity index (χ0n) is 14.2. The number of hydrogen-bond donors (Lipinski definition) is 1. The van der Waals surface area contributed by atoms with Crippen molar-refractivity contribution in [3.05, 3.63) is 59.2 Å². The van der Waals surface area contributed by atoms with Crippen molar-refractivity contribution >= 4 is 16.7 Å². The van der Waals surface area contributed by atoms with Gasteiger partial charge in [0.05, 0.1) is 0 Å². The lowest BCUT2D eigenvalue weighted by atomic mass is 10.0. The molecule has 0 bridgehead atoms. The van der Waals surface area contributed by atoms with E-state index >= 15 is 0 Å². The van der Waals surface area contributed by atoms with Crippen molar-refractivity contribution in [1.82, 2.24) is 10.2 Å². The van der Waals surface area contributed by atoms with Gasteiger partial charge in [0, 0.05) is 42.7 Å². The van der Waals surface area contributed by atoms with Crippen LogP contribution >= 0.6 is 0 Å². The third-order valence-corrected chi connectivity index (χ3v) is 6.18. The first-order valence-corrected chi connectivity index (χ1v) is 10.2. The molecule has 0 radical (unpaired) electrons. The molecule has 1 fully saturated rings. The first-order valence-electron chi connectivity index (χ1n) is 8.75. The van der Waals surface area contributed by atoms with Crippen molar-refractivity contribution < 1.29 is 9.00 Å². The van der Waals surface area contributed by atoms with Crippen LogP contribution in [-0.4, -0.2) is 46.9 Å². The predicted molar refractivity (Wildman–Crippen MR) is 101 cm³/mol. The van der Waals surface area contributed by atoms with Crippen LogP contribution in [0.3, 0.4) is 0 Å². The molecule has 25 heavy (non-hydrogen) atoms. The van der Waals surface area contributed by atoms with Crippen LogP contribution in [0.25, 0.3) is 11.1 Å². The van der Waals surface area contributed by atoms with Gasteiger partial charge >= 0.3 is 0 Å². The Morgan fingerprint density at radius 1 is 1.04 bits per heavy atom. The number of amides is 1. The van der Waals surface area contributed by atoms with E-state index in [0.717, 1.165) is 25.1 Å². The van der Waals surface area contributed by atoms with Crippen LogP contribution in [0, 0.1) is 0 Å². The molecule has 2 aromatic rings. The highest BCUT2D eigenvalue weighted by atomic mass is 32.2. The van der Waals surface area contributed by atoms with E-state index in [1.807, 2.05) is 17.0 Å². The minimum Gasteiger partial charge on any atom is -0.339 e. The van der Waals surface area contributed by atoms with Crippen molar-refractivity contribution in [3.63, 3.8) is 0 Å². The Morgan fingerprint density at radius 2 is 1.80 bits per heavy atom. The highest BCUT2D eigenvalue weighted by Gasteiger charge is 2.23. The smallest absolute Gasteiger partial charge is 0.235 e. The van der Waals surface area contributed by atoms with Crippen LogP contribution in [-0.2, 0) is 27.8 Å². The summed E-state index contributed by atoms with van der Waals surface area (Å²) in [4.78, 5) is 14.2. The standard InChI is InChI=1S/C20H22N2O2S/c23-19(22-10-8-21-9-11-22)14-25(24)13-17-6-3-5-16-12-15-4-1-2-7-18(15)20(16)17/h1-7,21H,8-14H2. The molecule has 2 aliphatic rings. The third-order valence-electron chi connectivity index (χ3n) is 4.98. The van der Waals surface area contributed by atoms with Gasteiger partial charge in [-0.25, -0.2) is 0 Å². The van der Waals surface area contributed by atoms with Crippen LogP contribution < -0.4 is 5.32 Å². The molecule has 130 valence electrons. The Bertz CT molecular complexity index is 828. The molecule has 4 nitrogen and oxygen atoms in total. The third kappa shape index (κ3) is 3.39. The van der Waals surface area contributed by atoms with E-state index in [0.29, 0.717) is 18.8 Å². The second-order valence-electron chi connectivity index (χ2n) is 6.64. The summed E-state index contributed by atoms with van der Waals surface area (Å²) >= 11 is 0. The molecule has 5 heteroatoms. The fraction of sp³-hybridized carbons (Fsp3) is 0.350. The van der Waals surface area contributed by atoms with Crippen molar-refractivity contribution in [2.75, 3.05) is 31.9 Å².